The van der Waals surface area contributed by atoms with Crippen LogP contribution in [0.25, 0.3) is 0 Å². The van der Waals surface area contributed by atoms with Gasteiger partial charge in [0.15, 0.2) is 11.2 Å². The molecule has 1 aromatic rings. The molecular formula is C36H46N2O11. The number of piperidine rings is 1. The summed E-state index contributed by atoms with van der Waals surface area (Å²) in [6.45, 7) is 5.70. The van der Waals surface area contributed by atoms with Crippen molar-refractivity contribution in [2.75, 3.05) is 33.2 Å². The van der Waals surface area contributed by atoms with E-state index >= 15 is 0 Å². The number of benzene rings is 1. The molecule has 1 aliphatic heterocycles. The van der Waals surface area contributed by atoms with Gasteiger partial charge in [-0.2, -0.15) is 0 Å². The molecule has 2 amide bonds. The van der Waals surface area contributed by atoms with Crippen LogP contribution in [-0.4, -0.2) is 104 Å². The smallest absolute Gasteiger partial charge is 0.340 e. The molecule has 1 aromatic carbocycles. The number of esters is 3. The number of carbonyl (C=O) groups excluding carboxylic acids is 5. The van der Waals surface area contributed by atoms with Crippen LogP contribution in [-0.2, 0) is 47.6 Å². The molecule has 1 heterocycles. The lowest BCUT2D eigenvalue weighted by Crippen LogP contribution is -2.84. The van der Waals surface area contributed by atoms with Crippen molar-refractivity contribution in [1.29, 1.82) is 0 Å². The Morgan fingerprint density at radius 3 is 2.18 bits per heavy atom. The molecule has 7 bridgehead atoms. The average Bonchev–Trinajstić information content (AvgIpc) is 3.45. The van der Waals surface area contributed by atoms with Gasteiger partial charge in [-0.05, 0) is 37.8 Å². The van der Waals surface area contributed by atoms with Crippen LogP contribution in [0.5, 0.6) is 0 Å². The van der Waals surface area contributed by atoms with Crippen LogP contribution in [0, 0.1) is 29.1 Å². The minimum absolute atomic E-state index is 0.134. The maximum absolute atomic E-state index is 14.3. The molecule has 1 N–H and O–H groups in total. The average molecular weight is 683 g/mol. The van der Waals surface area contributed by atoms with Crippen molar-refractivity contribution in [1.82, 2.24) is 4.90 Å². The number of anilines is 1. The summed E-state index contributed by atoms with van der Waals surface area (Å²) in [5.74, 6) is -3.92. The van der Waals surface area contributed by atoms with Gasteiger partial charge in [-0.25, -0.2) is 4.79 Å². The van der Waals surface area contributed by atoms with Crippen LogP contribution < -0.4 is 5.32 Å². The summed E-state index contributed by atoms with van der Waals surface area (Å²) in [5.41, 5.74) is -4.39. The molecule has 6 aliphatic rings. The van der Waals surface area contributed by atoms with Gasteiger partial charge in [-0.1, -0.05) is 12.1 Å². The topological polar surface area (TPSA) is 156 Å². The molecule has 1 saturated heterocycles. The zero-order valence-corrected chi connectivity index (χ0v) is 29.1. The standard InChI is InChI=1S/C36H46N2O11/c1-18(39)37-25-11-9-8-10-22(25)32(43)49-33-13-12-29(45-6)35-27(33)15-24(30(35)38(17-33)19(2)40)34(47-20(3)41)16-26(44-5)23-14-28(35)36(34,31(23)46-7)48-21(4)42/h8-11,23-24,26-31H,12-17H2,1-7H3,(H,37,39)/t23-,24+,26+,27-,28+,29+,30-,31+,33-,34+,35+,36+/m1/s1. The highest BCUT2D eigenvalue weighted by Gasteiger charge is 2.92. The lowest BCUT2D eigenvalue weighted by Gasteiger charge is -2.71. The number of para-hydroxylation sites is 1. The second-order valence-corrected chi connectivity index (χ2v) is 14.9. The highest BCUT2D eigenvalue weighted by molar-refractivity contribution is 6.01. The van der Waals surface area contributed by atoms with Gasteiger partial charge in [0.05, 0.1) is 30.0 Å². The molecule has 5 aliphatic carbocycles. The van der Waals surface area contributed by atoms with Crippen LogP contribution in [0.1, 0.15) is 70.2 Å². The van der Waals surface area contributed by atoms with E-state index in [0.29, 0.717) is 31.4 Å². The van der Waals surface area contributed by atoms with E-state index in [1.165, 1.54) is 27.7 Å². The Kier molecular flexibility index (Phi) is 7.96. The molecule has 7 rings (SSSR count). The first-order valence-corrected chi connectivity index (χ1v) is 17.1. The number of carbonyl (C=O) groups is 5. The summed E-state index contributed by atoms with van der Waals surface area (Å²) < 4.78 is 38.6. The third kappa shape index (κ3) is 4.24. The Hall–Kier alpha value is -3.55. The fraction of sp³-hybridized carbons (Fsp3) is 0.694. The van der Waals surface area contributed by atoms with Gasteiger partial charge in [-0.15, -0.1) is 0 Å². The molecule has 13 heteroatoms. The van der Waals surface area contributed by atoms with Gasteiger partial charge in [0, 0.05) is 90.6 Å². The van der Waals surface area contributed by atoms with Gasteiger partial charge >= 0.3 is 17.9 Å². The van der Waals surface area contributed by atoms with Crippen molar-refractivity contribution < 1.29 is 52.4 Å². The number of likely N-dealkylation sites (tertiary alicyclic amines) is 1. The van der Waals surface area contributed by atoms with Crippen molar-refractivity contribution in [2.24, 2.45) is 29.1 Å². The minimum Gasteiger partial charge on any atom is -0.454 e. The molecule has 0 unspecified atom stereocenters. The van der Waals surface area contributed by atoms with E-state index < -0.39 is 76.3 Å². The lowest BCUT2D eigenvalue weighted by atomic mass is 9.43. The van der Waals surface area contributed by atoms with Gasteiger partial charge in [-0.3, -0.25) is 19.2 Å². The maximum Gasteiger partial charge on any atom is 0.340 e. The number of nitrogens with zero attached hydrogens (tertiary/aromatic N) is 1. The number of hydrogen-bond donors (Lipinski definition) is 1. The molecular weight excluding hydrogens is 636 g/mol. The van der Waals surface area contributed by atoms with Crippen LogP contribution in [0.15, 0.2) is 24.3 Å². The fourth-order valence-electron chi connectivity index (χ4n) is 12.3. The maximum atomic E-state index is 14.3. The highest BCUT2D eigenvalue weighted by Crippen LogP contribution is 2.80. The number of nitrogens with one attached hydrogen (secondary N) is 1. The Labute approximate surface area is 285 Å². The van der Waals surface area contributed by atoms with Gasteiger partial charge in [0.1, 0.15) is 11.7 Å². The van der Waals surface area contributed by atoms with E-state index in [0.717, 1.165) is 0 Å². The predicted molar refractivity (Wildman–Crippen MR) is 171 cm³/mol. The van der Waals surface area contributed by atoms with Crippen LogP contribution in [0.3, 0.4) is 0 Å². The van der Waals surface area contributed by atoms with Gasteiger partial charge in [0.25, 0.3) is 0 Å². The summed E-state index contributed by atoms with van der Waals surface area (Å²) in [4.78, 5) is 68.5. The Bertz CT molecular complexity index is 1600. The molecule has 49 heavy (non-hydrogen) atoms. The number of fused-ring (bicyclic) bond motifs is 2. The van der Waals surface area contributed by atoms with Crippen molar-refractivity contribution in [2.45, 2.75) is 101 Å². The number of methoxy groups -OCH3 is 3. The van der Waals surface area contributed by atoms with Gasteiger partial charge in [0.2, 0.25) is 11.8 Å². The summed E-state index contributed by atoms with van der Waals surface area (Å²) in [6.07, 6.45) is 0.530. The second-order valence-electron chi connectivity index (χ2n) is 14.9. The Balaban J connectivity index is 1.47. The lowest BCUT2D eigenvalue weighted by molar-refractivity contribution is -0.339. The number of ether oxygens (including phenoxy) is 6. The van der Waals surface area contributed by atoms with E-state index in [-0.39, 0.29) is 42.2 Å². The summed E-state index contributed by atoms with van der Waals surface area (Å²) in [6, 6.07) is 6.18. The largest absolute Gasteiger partial charge is 0.454 e. The van der Waals surface area contributed by atoms with Gasteiger partial charge < -0.3 is 38.6 Å². The van der Waals surface area contributed by atoms with Crippen LogP contribution in [0.2, 0.25) is 0 Å². The molecule has 266 valence electrons. The zero-order chi connectivity index (χ0) is 35.3. The first-order valence-electron chi connectivity index (χ1n) is 17.1. The molecule has 0 aromatic heterocycles. The number of amides is 2. The molecule has 1 spiro atoms. The van der Waals surface area contributed by atoms with E-state index in [2.05, 4.69) is 5.32 Å². The third-order valence-electron chi connectivity index (χ3n) is 13.1. The van der Waals surface area contributed by atoms with Crippen LogP contribution >= 0.6 is 0 Å². The monoisotopic (exact) mass is 682 g/mol. The second kappa shape index (κ2) is 11.5. The highest BCUT2D eigenvalue weighted by atomic mass is 16.6. The Morgan fingerprint density at radius 1 is 0.857 bits per heavy atom. The molecule has 0 radical (unpaired) electrons. The number of rotatable bonds is 8. The quantitative estimate of drug-likeness (QED) is 0.318. The SMILES string of the molecule is CO[C@H]1C[C@]2(OC(C)=O)[C@H]3C[C@@H]4[C@@]5(OC(=O)c6ccccc6NC(C)=O)CC[C@H](OC)[C@@]4([C@@H]3N(C(C)=O)C5)[C@@H]3C[C@H]1[C@H](OC)[C@@]32OC(C)=O. The normalized spacial score (nSPS) is 42.2. The van der Waals surface area contributed by atoms with Crippen molar-refractivity contribution in [3.05, 3.63) is 29.8 Å². The third-order valence-corrected chi connectivity index (χ3v) is 13.1. The van der Waals surface area contributed by atoms with Crippen molar-refractivity contribution >= 4 is 35.4 Å². The van der Waals surface area contributed by atoms with Crippen molar-refractivity contribution in [3.8, 4) is 0 Å². The van der Waals surface area contributed by atoms with Crippen molar-refractivity contribution in [3.63, 3.8) is 0 Å². The fourth-order valence-corrected chi connectivity index (χ4v) is 12.3. The summed E-state index contributed by atoms with van der Waals surface area (Å²) >= 11 is 0. The molecule has 5 saturated carbocycles. The summed E-state index contributed by atoms with van der Waals surface area (Å²) in [7, 11) is 4.85. The minimum atomic E-state index is -1.43. The first-order chi connectivity index (χ1) is 23.3. The van der Waals surface area contributed by atoms with Crippen LogP contribution in [0.4, 0.5) is 5.69 Å². The van der Waals surface area contributed by atoms with E-state index in [4.69, 9.17) is 28.4 Å². The molecule has 6 fully saturated rings. The van der Waals surface area contributed by atoms with E-state index in [9.17, 15) is 24.0 Å². The Morgan fingerprint density at radius 2 is 1.57 bits per heavy atom. The number of hydrogen-bond acceptors (Lipinski definition) is 11. The first kappa shape index (κ1) is 33.9. The van der Waals surface area contributed by atoms with E-state index in [1.807, 2.05) is 0 Å². The molecule has 12 atom stereocenters. The van der Waals surface area contributed by atoms with E-state index in [1.54, 1.807) is 50.5 Å². The molecule has 13 nitrogen and oxygen atoms in total. The summed E-state index contributed by atoms with van der Waals surface area (Å²) in [5, 5.41) is 2.73. The predicted octanol–water partition coefficient (Wildman–Crippen LogP) is 2.89. The zero-order valence-electron chi connectivity index (χ0n) is 29.1.